The number of carbonyl (C=O) groups excluding carboxylic acids is 1. The van der Waals surface area contributed by atoms with E-state index in [1.54, 1.807) is 0 Å². The standard InChI is InChI=1S/C16H22N2O3/c1-11(12-6-8-20-9-7-12)18-16(19)15-10-17-13-4-2-3-5-14(13)21-15/h2-5,11-12,15,17H,6-10H2,1H3,(H,18,19). The van der Waals surface area contributed by atoms with Gasteiger partial charge in [0.05, 0.1) is 12.2 Å². The fourth-order valence-electron chi connectivity index (χ4n) is 2.91. The minimum Gasteiger partial charge on any atom is -0.477 e. The second kappa shape index (κ2) is 6.35. The third kappa shape index (κ3) is 3.29. The molecule has 1 amide bonds. The SMILES string of the molecule is CC(NC(=O)C1CNc2ccccc2O1)C1CCOCC1. The van der Waals surface area contributed by atoms with Crippen LogP contribution in [0.25, 0.3) is 0 Å². The highest BCUT2D eigenvalue weighted by Gasteiger charge is 2.29. The van der Waals surface area contributed by atoms with Crippen molar-refractivity contribution in [1.29, 1.82) is 0 Å². The number of para-hydroxylation sites is 2. The fraction of sp³-hybridized carbons (Fsp3) is 0.562. The van der Waals surface area contributed by atoms with E-state index in [9.17, 15) is 4.79 Å². The van der Waals surface area contributed by atoms with Gasteiger partial charge in [0.1, 0.15) is 5.75 Å². The van der Waals surface area contributed by atoms with E-state index in [4.69, 9.17) is 9.47 Å². The summed E-state index contributed by atoms with van der Waals surface area (Å²) < 4.78 is 11.1. The Morgan fingerprint density at radius 2 is 2.10 bits per heavy atom. The molecule has 0 bridgehead atoms. The fourth-order valence-corrected chi connectivity index (χ4v) is 2.91. The van der Waals surface area contributed by atoms with Gasteiger partial charge in [0.25, 0.3) is 5.91 Å². The maximum absolute atomic E-state index is 12.4. The van der Waals surface area contributed by atoms with Crippen LogP contribution in [0, 0.1) is 5.92 Å². The number of anilines is 1. The summed E-state index contributed by atoms with van der Waals surface area (Å²) in [5.74, 6) is 1.19. The minimum absolute atomic E-state index is 0.0454. The van der Waals surface area contributed by atoms with Crippen LogP contribution < -0.4 is 15.4 Å². The highest BCUT2D eigenvalue weighted by atomic mass is 16.5. The summed E-state index contributed by atoms with van der Waals surface area (Å²) in [4.78, 5) is 12.4. The zero-order valence-corrected chi connectivity index (χ0v) is 12.3. The van der Waals surface area contributed by atoms with Crippen molar-refractivity contribution in [2.45, 2.75) is 31.9 Å². The van der Waals surface area contributed by atoms with Crippen molar-refractivity contribution >= 4 is 11.6 Å². The Labute approximate surface area is 125 Å². The molecule has 5 heteroatoms. The maximum Gasteiger partial charge on any atom is 0.263 e. The van der Waals surface area contributed by atoms with Crippen LogP contribution in [0.2, 0.25) is 0 Å². The Morgan fingerprint density at radius 3 is 2.90 bits per heavy atom. The molecule has 21 heavy (non-hydrogen) atoms. The second-order valence-corrected chi connectivity index (χ2v) is 5.73. The van der Waals surface area contributed by atoms with Gasteiger partial charge in [0.2, 0.25) is 0 Å². The van der Waals surface area contributed by atoms with E-state index in [-0.39, 0.29) is 11.9 Å². The van der Waals surface area contributed by atoms with Crippen LogP contribution in [0.3, 0.4) is 0 Å². The van der Waals surface area contributed by atoms with Gasteiger partial charge in [-0.3, -0.25) is 4.79 Å². The van der Waals surface area contributed by atoms with Gasteiger partial charge in [-0.15, -0.1) is 0 Å². The second-order valence-electron chi connectivity index (χ2n) is 5.73. The number of hydrogen-bond donors (Lipinski definition) is 2. The summed E-state index contributed by atoms with van der Waals surface area (Å²) in [6.07, 6.45) is 1.55. The third-order valence-corrected chi connectivity index (χ3v) is 4.27. The predicted octanol–water partition coefficient (Wildman–Crippen LogP) is 1.79. The minimum atomic E-state index is -0.470. The lowest BCUT2D eigenvalue weighted by atomic mass is 9.93. The van der Waals surface area contributed by atoms with Gasteiger partial charge >= 0.3 is 0 Å². The van der Waals surface area contributed by atoms with Gasteiger partial charge in [-0.2, -0.15) is 0 Å². The molecule has 1 fully saturated rings. The van der Waals surface area contributed by atoms with Crippen molar-refractivity contribution in [2.24, 2.45) is 5.92 Å². The summed E-state index contributed by atoms with van der Waals surface area (Å²) in [6.45, 7) is 4.15. The summed E-state index contributed by atoms with van der Waals surface area (Å²) in [6, 6.07) is 7.84. The number of rotatable bonds is 3. The monoisotopic (exact) mass is 290 g/mol. The van der Waals surface area contributed by atoms with Crippen LogP contribution in [0.5, 0.6) is 5.75 Å². The molecule has 2 heterocycles. The van der Waals surface area contributed by atoms with Gasteiger partial charge < -0.3 is 20.1 Å². The molecule has 114 valence electrons. The van der Waals surface area contributed by atoms with Gasteiger partial charge in [0, 0.05) is 19.3 Å². The van der Waals surface area contributed by atoms with Gasteiger partial charge in [0.15, 0.2) is 6.10 Å². The van der Waals surface area contributed by atoms with Crippen LogP contribution >= 0.6 is 0 Å². The molecule has 2 aliphatic heterocycles. The molecular weight excluding hydrogens is 268 g/mol. The molecule has 2 unspecified atom stereocenters. The predicted molar refractivity (Wildman–Crippen MR) is 80.5 cm³/mol. The van der Waals surface area contributed by atoms with Crippen molar-refractivity contribution in [3.63, 3.8) is 0 Å². The molecule has 1 aromatic rings. The number of amides is 1. The molecule has 2 aliphatic rings. The van der Waals surface area contributed by atoms with Crippen LogP contribution in [0.1, 0.15) is 19.8 Å². The molecule has 1 aromatic carbocycles. The first-order valence-electron chi connectivity index (χ1n) is 7.61. The van der Waals surface area contributed by atoms with Gasteiger partial charge in [-0.25, -0.2) is 0 Å². The molecule has 2 N–H and O–H groups in total. The number of carbonyl (C=O) groups is 1. The average Bonchev–Trinajstić information content (AvgIpc) is 2.55. The highest BCUT2D eigenvalue weighted by molar-refractivity contribution is 5.83. The average molecular weight is 290 g/mol. The van der Waals surface area contributed by atoms with E-state index in [0.717, 1.165) is 37.5 Å². The summed E-state index contributed by atoms with van der Waals surface area (Å²) >= 11 is 0. The quantitative estimate of drug-likeness (QED) is 0.891. The summed E-state index contributed by atoms with van der Waals surface area (Å²) in [5, 5.41) is 6.33. The van der Waals surface area contributed by atoms with E-state index < -0.39 is 6.10 Å². The number of fused-ring (bicyclic) bond motifs is 1. The van der Waals surface area contributed by atoms with Crippen molar-refractivity contribution in [3.8, 4) is 5.75 Å². The lowest BCUT2D eigenvalue weighted by Crippen LogP contribution is -2.49. The van der Waals surface area contributed by atoms with Crippen LogP contribution in [0.15, 0.2) is 24.3 Å². The van der Waals surface area contributed by atoms with Crippen molar-refractivity contribution in [1.82, 2.24) is 5.32 Å². The Hall–Kier alpha value is -1.75. The smallest absolute Gasteiger partial charge is 0.263 e. The van der Waals surface area contributed by atoms with Crippen LogP contribution in [0.4, 0.5) is 5.69 Å². The molecule has 0 saturated carbocycles. The molecule has 2 atom stereocenters. The first-order chi connectivity index (χ1) is 10.2. The third-order valence-electron chi connectivity index (χ3n) is 4.27. The van der Waals surface area contributed by atoms with Crippen molar-refractivity contribution < 1.29 is 14.3 Å². The zero-order chi connectivity index (χ0) is 14.7. The number of hydrogen-bond acceptors (Lipinski definition) is 4. The van der Waals surface area contributed by atoms with Crippen LogP contribution in [-0.2, 0) is 9.53 Å². The first-order valence-corrected chi connectivity index (χ1v) is 7.61. The maximum atomic E-state index is 12.4. The van der Waals surface area contributed by atoms with Crippen molar-refractivity contribution in [3.05, 3.63) is 24.3 Å². The topological polar surface area (TPSA) is 59.6 Å². The Kier molecular flexibility index (Phi) is 4.29. The van der Waals surface area contributed by atoms with E-state index in [2.05, 4.69) is 17.6 Å². The molecule has 1 saturated heterocycles. The molecule has 5 nitrogen and oxygen atoms in total. The lowest BCUT2D eigenvalue weighted by molar-refractivity contribution is -0.128. The summed E-state index contributed by atoms with van der Waals surface area (Å²) in [5.41, 5.74) is 0.944. The first kappa shape index (κ1) is 14.2. The molecule has 3 rings (SSSR count). The summed E-state index contributed by atoms with van der Waals surface area (Å²) in [7, 11) is 0. The lowest BCUT2D eigenvalue weighted by Gasteiger charge is -2.31. The van der Waals surface area contributed by atoms with Gasteiger partial charge in [-0.05, 0) is 37.8 Å². The molecule has 0 aliphatic carbocycles. The Bertz CT molecular complexity index is 500. The molecule has 0 aromatic heterocycles. The zero-order valence-electron chi connectivity index (χ0n) is 12.3. The van der Waals surface area contributed by atoms with Crippen LogP contribution in [-0.4, -0.2) is 37.8 Å². The van der Waals surface area contributed by atoms with E-state index in [0.29, 0.717) is 12.5 Å². The largest absolute Gasteiger partial charge is 0.477 e. The molecule has 0 spiro atoms. The van der Waals surface area contributed by atoms with Gasteiger partial charge in [-0.1, -0.05) is 12.1 Å². The number of nitrogens with one attached hydrogen (secondary N) is 2. The normalized spacial score (nSPS) is 23.4. The van der Waals surface area contributed by atoms with E-state index in [1.807, 2.05) is 24.3 Å². The van der Waals surface area contributed by atoms with E-state index >= 15 is 0 Å². The van der Waals surface area contributed by atoms with E-state index in [1.165, 1.54) is 0 Å². The Morgan fingerprint density at radius 1 is 1.33 bits per heavy atom. The Balaban J connectivity index is 1.56. The highest BCUT2D eigenvalue weighted by Crippen LogP contribution is 2.28. The van der Waals surface area contributed by atoms with Crippen molar-refractivity contribution in [2.75, 3.05) is 25.1 Å². The number of benzene rings is 1. The molecule has 0 radical (unpaired) electrons. The number of ether oxygens (including phenoxy) is 2. The molecular formula is C16H22N2O3.